The highest BCUT2D eigenvalue weighted by molar-refractivity contribution is 6.02. The Balaban J connectivity index is 1.72. The molecule has 2 aromatic rings. The minimum atomic E-state index is -4.64. The summed E-state index contributed by atoms with van der Waals surface area (Å²) in [7, 11) is 0. The smallest absolute Gasteiger partial charge is 0.335 e. The number of nitrogens with zero attached hydrogens (tertiary/aromatic N) is 3. The molecule has 162 valence electrons. The molecular weight excluding hydrogens is 418 g/mol. The number of Topliss-reactive ketones (excluding diaryl/α,β-unsaturated/α-hetero) is 1. The number of alkyl halides is 3. The predicted molar refractivity (Wildman–Crippen MR) is 90.6 cm³/mol. The topological polar surface area (TPSA) is 81.2 Å². The third kappa shape index (κ3) is 4.04. The molecule has 1 atom stereocenters. The SMILES string of the molecule is Cc1nc(C(F)(F)F)n2c1CN(C(=O)C[C@@H](N)C(=O)c1cc(F)c(F)cc1F)CC2. The highest BCUT2D eigenvalue weighted by Gasteiger charge is 2.40. The fourth-order valence-electron chi connectivity index (χ4n) is 3.28. The summed E-state index contributed by atoms with van der Waals surface area (Å²) in [6.07, 6.45) is -5.23. The molecule has 0 radical (unpaired) electrons. The lowest BCUT2D eigenvalue weighted by Gasteiger charge is -2.30. The van der Waals surface area contributed by atoms with E-state index >= 15 is 0 Å². The summed E-state index contributed by atoms with van der Waals surface area (Å²) in [5.74, 6) is -7.05. The molecular formula is C18H16F6N4O2. The van der Waals surface area contributed by atoms with Crippen LogP contribution in [0.15, 0.2) is 12.1 Å². The number of fused-ring (bicyclic) bond motifs is 1. The fraction of sp³-hybridized carbons (Fsp3) is 0.389. The van der Waals surface area contributed by atoms with Gasteiger partial charge in [-0.1, -0.05) is 0 Å². The molecule has 1 aromatic heterocycles. The van der Waals surface area contributed by atoms with Gasteiger partial charge in [0, 0.05) is 25.6 Å². The Morgan fingerprint density at radius 3 is 2.40 bits per heavy atom. The molecule has 0 spiro atoms. The quantitative estimate of drug-likeness (QED) is 0.456. The third-order valence-corrected chi connectivity index (χ3v) is 4.82. The van der Waals surface area contributed by atoms with E-state index in [0.717, 1.165) is 4.57 Å². The number of nitrogens with two attached hydrogens (primary N) is 1. The molecule has 0 saturated carbocycles. The Morgan fingerprint density at radius 2 is 1.77 bits per heavy atom. The van der Waals surface area contributed by atoms with Gasteiger partial charge < -0.3 is 15.2 Å². The molecule has 1 aromatic carbocycles. The third-order valence-electron chi connectivity index (χ3n) is 4.82. The number of amides is 1. The van der Waals surface area contributed by atoms with Gasteiger partial charge in [-0.3, -0.25) is 9.59 Å². The summed E-state index contributed by atoms with van der Waals surface area (Å²) >= 11 is 0. The number of hydrogen-bond donors (Lipinski definition) is 1. The van der Waals surface area contributed by atoms with E-state index in [1.807, 2.05) is 0 Å². The number of rotatable bonds is 4. The van der Waals surface area contributed by atoms with Crippen molar-refractivity contribution in [3.63, 3.8) is 0 Å². The second kappa shape index (κ2) is 7.74. The van der Waals surface area contributed by atoms with Crippen molar-refractivity contribution >= 4 is 11.7 Å². The van der Waals surface area contributed by atoms with Crippen molar-refractivity contribution in [2.45, 2.75) is 38.7 Å². The summed E-state index contributed by atoms with van der Waals surface area (Å²) in [6, 6.07) is -0.988. The summed E-state index contributed by atoms with van der Waals surface area (Å²) in [5.41, 5.74) is 5.18. The van der Waals surface area contributed by atoms with Crippen molar-refractivity contribution < 1.29 is 35.9 Å². The van der Waals surface area contributed by atoms with Crippen molar-refractivity contribution in [2.24, 2.45) is 5.73 Å². The highest BCUT2D eigenvalue weighted by atomic mass is 19.4. The molecule has 1 aliphatic rings. The lowest BCUT2D eigenvalue weighted by molar-refractivity contribution is -0.148. The van der Waals surface area contributed by atoms with Gasteiger partial charge in [-0.2, -0.15) is 13.2 Å². The first-order valence-electron chi connectivity index (χ1n) is 8.75. The number of imidazole rings is 1. The van der Waals surface area contributed by atoms with Crippen molar-refractivity contribution in [1.29, 1.82) is 0 Å². The van der Waals surface area contributed by atoms with E-state index in [1.165, 1.54) is 11.8 Å². The van der Waals surface area contributed by atoms with E-state index < -0.39 is 59.2 Å². The molecule has 0 fully saturated rings. The zero-order valence-corrected chi connectivity index (χ0v) is 15.6. The standard InChI is InChI=1S/C18H16F6N4O2/c1-8-14-7-27(2-3-28(14)17(26-8)18(22,23)24)15(29)6-13(25)16(30)9-4-11(20)12(21)5-10(9)19/h4-5,13H,2-3,6-7,25H2,1H3/t13-/m1/s1. The Hall–Kier alpha value is -2.89. The van der Waals surface area contributed by atoms with Crippen molar-refractivity contribution in [1.82, 2.24) is 14.5 Å². The molecule has 0 saturated heterocycles. The largest absolute Gasteiger partial charge is 0.449 e. The maximum absolute atomic E-state index is 13.8. The van der Waals surface area contributed by atoms with E-state index in [-0.39, 0.29) is 37.1 Å². The zero-order chi connectivity index (χ0) is 22.4. The number of hydrogen-bond acceptors (Lipinski definition) is 4. The molecule has 0 bridgehead atoms. The average molecular weight is 434 g/mol. The van der Waals surface area contributed by atoms with Crippen LogP contribution in [0.4, 0.5) is 26.3 Å². The monoisotopic (exact) mass is 434 g/mol. The molecule has 3 rings (SSSR count). The van der Waals surface area contributed by atoms with Gasteiger partial charge in [0.25, 0.3) is 0 Å². The van der Waals surface area contributed by atoms with Crippen LogP contribution in [0.5, 0.6) is 0 Å². The second-order valence-electron chi connectivity index (χ2n) is 6.85. The lowest BCUT2D eigenvalue weighted by atomic mass is 10.0. The van der Waals surface area contributed by atoms with Crippen LogP contribution in [0.1, 0.15) is 34.0 Å². The van der Waals surface area contributed by atoms with Crippen LogP contribution < -0.4 is 5.73 Å². The van der Waals surface area contributed by atoms with Crippen LogP contribution in [0, 0.1) is 24.4 Å². The number of aryl methyl sites for hydroxylation is 1. The van der Waals surface area contributed by atoms with Crippen LogP contribution in [-0.4, -0.2) is 38.7 Å². The van der Waals surface area contributed by atoms with Crippen LogP contribution in [0.3, 0.4) is 0 Å². The van der Waals surface area contributed by atoms with E-state index in [2.05, 4.69) is 4.98 Å². The fourth-order valence-corrected chi connectivity index (χ4v) is 3.28. The highest BCUT2D eigenvalue weighted by Crippen LogP contribution is 2.32. The summed E-state index contributed by atoms with van der Waals surface area (Å²) < 4.78 is 80.2. The predicted octanol–water partition coefficient (Wildman–Crippen LogP) is 2.57. The molecule has 0 unspecified atom stereocenters. The Morgan fingerprint density at radius 1 is 1.13 bits per heavy atom. The molecule has 12 heteroatoms. The molecule has 2 N–H and O–H groups in total. The van der Waals surface area contributed by atoms with Crippen LogP contribution in [0.25, 0.3) is 0 Å². The average Bonchev–Trinajstić information content (AvgIpc) is 3.00. The number of benzene rings is 1. The molecule has 6 nitrogen and oxygen atoms in total. The van der Waals surface area contributed by atoms with Crippen LogP contribution >= 0.6 is 0 Å². The van der Waals surface area contributed by atoms with E-state index in [1.54, 1.807) is 0 Å². The molecule has 1 amide bonds. The first-order valence-corrected chi connectivity index (χ1v) is 8.75. The molecule has 30 heavy (non-hydrogen) atoms. The van der Waals surface area contributed by atoms with Gasteiger partial charge in [-0.25, -0.2) is 18.2 Å². The first-order chi connectivity index (χ1) is 13.9. The molecule has 1 aliphatic heterocycles. The normalized spacial score (nSPS) is 15.1. The summed E-state index contributed by atoms with van der Waals surface area (Å²) in [4.78, 5) is 29.5. The number of halogens is 6. The van der Waals surface area contributed by atoms with Gasteiger partial charge in [0.2, 0.25) is 11.7 Å². The first kappa shape index (κ1) is 21.8. The minimum absolute atomic E-state index is 0.0782. The minimum Gasteiger partial charge on any atom is -0.335 e. The van der Waals surface area contributed by atoms with Crippen molar-refractivity contribution in [3.8, 4) is 0 Å². The molecule has 0 aliphatic carbocycles. The number of carbonyl (C=O) groups is 2. The second-order valence-corrected chi connectivity index (χ2v) is 6.85. The van der Waals surface area contributed by atoms with Crippen molar-refractivity contribution in [2.75, 3.05) is 6.54 Å². The Kier molecular flexibility index (Phi) is 5.63. The summed E-state index contributed by atoms with van der Waals surface area (Å²) in [6.45, 7) is 0.979. The van der Waals surface area contributed by atoms with Gasteiger partial charge in [-0.05, 0) is 13.0 Å². The van der Waals surface area contributed by atoms with Crippen molar-refractivity contribution in [3.05, 3.63) is 52.4 Å². The number of aromatic nitrogens is 2. The maximum Gasteiger partial charge on any atom is 0.449 e. The van der Waals surface area contributed by atoms with E-state index in [9.17, 15) is 35.9 Å². The number of carbonyl (C=O) groups excluding carboxylic acids is 2. The number of ketones is 1. The lowest BCUT2D eigenvalue weighted by Crippen LogP contribution is -2.43. The molecule has 2 heterocycles. The van der Waals surface area contributed by atoms with Gasteiger partial charge >= 0.3 is 6.18 Å². The summed E-state index contributed by atoms with van der Waals surface area (Å²) in [5, 5.41) is 0. The van der Waals surface area contributed by atoms with Gasteiger partial charge in [0.05, 0.1) is 29.5 Å². The van der Waals surface area contributed by atoms with Gasteiger partial charge in [-0.15, -0.1) is 0 Å². The van der Waals surface area contributed by atoms with Gasteiger partial charge in [0.1, 0.15) is 5.82 Å². The van der Waals surface area contributed by atoms with Gasteiger partial charge in [0.15, 0.2) is 17.4 Å². The zero-order valence-electron chi connectivity index (χ0n) is 15.6. The van der Waals surface area contributed by atoms with Crippen LogP contribution in [-0.2, 0) is 24.1 Å². The Bertz CT molecular complexity index is 1020. The maximum atomic E-state index is 13.8. The van der Waals surface area contributed by atoms with Crippen LogP contribution in [0.2, 0.25) is 0 Å². The van der Waals surface area contributed by atoms with E-state index in [4.69, 9.17) is 5.73 Å². The van der Waals surface area contributed by atoms with E-state index in [0.29, 0.717) is 6.07 Å². The Labute approximate surface area is 166 Å².